The van der Waals surface area contributed by atoms with Crippen LogP contribution in [0.2, 0.25) is 0 Å². The Morgan fingerprint density at radius 1 is 1.48 bits per heavy atom. The Labute approximate surface area is 134 Å². The van der Waals surface area contributed by atoms with Gasteiger partial charge in [-0.15, -0.1) is 0 Å². The van der Waals surface area contributed by atoms with Gasteiger partial charge in [-0.25, -0.2) is 4.98 Å². The third kappa shape index (κ3) is 3.68. The average Bonchev–Trinajstić information content (AvgIpc) is 3.03. The Morgan fingerprint density at radius 3 is 2.96 bits per heavy atom. The minimum atomic E-state index is -0.286. The number of nitrogens with one attached hydrogen (secondary N) is 1. The maximum absolute atomic E-state index is 12.3. The third-order valence-electron chi connectivity index (χ3n) is 4.15. The highest BCUT2D eigenvalue weighted by molar-refractivity contribution is 5.76. The number of amides is 1. The monoisotopic (exact) mass is 316 g/mol. The van der Waals surface area contributed by atoms with Gasteiger partial charge in [0.1, 0.15) is 12.3 Å². The molecule has 0 bridgehead atoms. The normalized spacial score (nSPS) is 21.3. The second-order valence-electron chi connectivity index (χ2n) is 5.82. The summed E-state index contributed by atoms with van der Waals surface area (Å²) >= 11 is 0. The molecular weight excluding hydrogens is 296 g/mol. The van der Waals surface area contributed by atoms with Crippen molar-refractivity contribution in [2.75, 3.05) is 7.11 Å². The molecule has 1 aliphatic rings. The smallest absolute Gasteiger partial charge is 0.240 e. The first-order valence-corrected chi connectivity index (χ1v) is 7.58. The fourth-order valence-corrected chi connectivity index (χ4v) is 2.86. The number of imidazole rings is 1. The molecule has 1 amide bonds. The lowest BCUT2D eigenvalue weighted by Crippen LogP contribution is -2.42. The molecule has 1 aliphatic carbocycles. The van der Waals surface area contributed by atoms with Crippen molar-refractivity contribution in [2.24, 2.45) is 5.92 Å². The number of aromatic nitrogens is 3. The van der Waals surface area contributed by atoms with E-state index in [1.165, 1.54) is 0 Å². The second kappa shape index (κ2) is 6.78. The molecule has 0 saturated heterocycles. The van der Waals surface area contributed by atoms with E-state index in [2.05, 4.69) is 15.3 Å². The van der Waals surface area contributed by atoms with E-state index < -0.39 is 0 Å². The highest BCUT2D eigenvalue weighted by Gasteiger charge is 2.36. The van der Waals surface area contributed by atoms with Gasteiger partial charge in [-0.05, 0) is 30.4 Å². The number of pyridine rings is 1. The van der Waals surface area contributed by atoms with E-state index in [1.54, 1.807) is 42.8 Å². The van der Waals surface area contributed by atoms with Gasteiger partial charge in [-0.1, -0.05) is 0 Å². The Hall–Kier alpha value is -2.41. The van der Waals surface area contributed by atoms with Crippen molar-refractivity contribution in [1.29, 1.82) is 0 Å². The molecule has 7 heteroatoms. The minimum Gasteiger partial charge on any atom is -0.495 e. The Balaban J connectivity index is 1.74. The van der Waals surface area contributed by atoms with E-state index >= 15 is 0 Å². The van der Waals surface area contributed by atoms with Gasteiger partial charge in [-0.3, -0.25) is 9.78 Å². The highest BCUT2D eigenvalue weighted by Crippen LogP contribution is 2.38. The zero-order valence-electron chi connectivity index (χ0n) is 12.9. The van der Waals surface area contributed by atoms with Crippen LogP contribution in [0.1, 0.15) is 24.4 Å². The molecule has 3 rings (SSSR count). The molecule has 2 heterocycles. The summed E-state index contributed by atoms with van der Waals surface area (Å²) in [5.74, 6) is 0.749. The summed E-state index contributed by atoms with van der Waals surface area (Å²) in [7, 11) is 1.58. The molecule has 0 aliphatic heterocycles. The average molecular weight is 316 g/mol. The van der Waals surface area contributed by atoms with Gasteiger partial charge in [0.25, 0.3) is 0 Å². The van der Waals surface area contributed by atoms with Gasteiger partial charge in [0.2, 0.25) is 5.91 Å². The van der Waals surface area contributed by atoms with Gasteiger partial charge in [0.15, 0.2) is 0 Å². The number of ether oxygens (including phenoxy) is 1. The maximum Gasteiger partial charge on any atom is 0.240 e. The molecule has 7 nitrogen and oxygen atoms in total. The van der Waals surface area contributed by atoms with Crippen LogP contribution in [0.3, 0.4) is 0 Å². The van der Waals surface area contributed by atoms with Gasteiger partial charge in [-0.2, -0.15) is 0 Å². The second-order valence-corrected chi connectivity index (χ2v) is 5.82. The molecule has 1 fully saturated rings. The molecule has 2 aromatic heterocycles. The van der Waals surface area contributed by atoms with E-state index in [1.807, 2.05) is 6.07 Å². The number of methoxy groups -OCH3 is 1. The fraction of sp³-hybridized carbons (Fsp3) is 0.438. The molecule has 1 saturated carbocycles. The largest absolute Gasteiger partial charge is 0.495 e. The van der Waals surface area contributed by atoms with Crippen LogP contribution in [0.25, 0.3) is 0 Å². The first-order chi connectivity index (χ1) is 11.2. The summed E-state index contributed by atoms with van der Waals surface area (Å²) in [6, 6.07) is 1.69. The van der Waals surface area contributed by atoms with Crippen molar-refractivity contribution in [3.8, 4) is 5.75 Å². The number of hydrogen-bond acceptors (Lipinski definition) is 5. The number of nitrogens with zero attached hydrogens (tertiary/aromatic N) is 3. The van der Waals surface area contributed by atoms with Crippen LogP contribution in [0.15, 0.2) is 37.2 Å². The molecule has 0 radical (unpaired) electrons. The third-order valence-corrected chi connectivity index (χ3v) is 4.15. The zero-order chi connectivity index (χ0) is 16.2. The van der Waals surface area contributed by atoms with Crippen molar-refractivity contribution in [3.63, 3.8) is 0 Å². The molecule has 2 aromatic rings. The molecule has 23 heavy (non-hydrogen) atoms. The van der Waals surface area contributed by atoms with Crippen LogP contribution in [-0.2, 0) is 11.3 Å². The standard InChI is InChI=1S/C16H20N4O3/c1-23-14-6-12(7-18-8-14)16(11-4-13(21)5-11)19-15(22)9-20-3-2-17-10-20/h2-3,6-8,10-11,13,16,21H,4-5,9H2,1H3,(H,19,22)/t11?,13?,16-/m1/s1. The SMILES string of the molecule is COc1cncc([C@H](NC(=O)Cn2ccnc2)C2CC(O)C2)c1. The lowest BCUT2D eigenvalue weighted by Gasteiger charge is -2.38. The van der Waals surface area contributed by atoms with E-state index in [0.717, 1.165) is 5.56 Å². The van der Waals surface area contributed by atoms with Crippen molar-refractivity contribution >= 4 is 5.91 Å². The van der Waals surface area contributed by atoms with E-state index in [-0.39, 0.29) is 30.5 Å². The van der Waals surface area contributed by atoms with E-state index in [4.69, 9.17) is 4.74 Å². The van der Waals surface area contributed by atoms with Gasteiger partial charge < -0.3 is 19.7 Å². The summed E-state index contributed by atoms with van der Waals surface area (Å²) in [4.78, 5) is 20.4. The maximum atomic E-state index is 12.3. The summed E-state index contributed by atoms with van der Waals surface area (Å²) < 4.78 is 6.92. The van der Waals surface area contributed by atoms with Crippen LogP contribution in [0.4, 0.5) is 0 Å². The van der Waals surface area contributed by atoms with Crippen LogP contribution in [0, 0.1) is 5.92 Å². The minimum absolute atomic E-state index is 0.0998. The molecule has 0 unspecified atom stereocenters. The van der Waals surface area contributed by atoms with Crippen molar-refractivity contribution in [1.82, 2.24) is 19.9 Å². The quantitative estimate of drug-likeness (QED) is 0.827. The summed E-state index contributed by atoms with van der Waals surface area (Å²) in [5.41, 5.74) is 0.889. The number of carbonyl (C=O) groups is 1. The van der Waals surface area contributed by atoms with Crippen LogP contribution >= 0.6 is 0 Å². The predicted octanol–water partition coefficient (Wildman–Crippen LogP) is 0.915. The summed E-state index contributed by atoms with van der Waals surface area (Å²) in [5, 5.41) is 12.6. The van der Waals surface area contributed by atoms with E-state index in [0.29, 0.717) is 18.6 Å². The molecule has 1 atom stereocenters. The first kappa shape index (κ1) is 15.5. The predicted molar refractivity (Wildman–Crippen MR) is 82.6 cm³/mol. The van der Waals surface area contributed by atoms with Crippen molar-refractivity contribution in [2.45, 2.75) is 31.5 Å². The Kier molecular flexibility index (Phi) is 4.57. The molecule has 0 aromatic carbocycles. The number of aliphatic hydroxyl groups excluding tert-OH is 1. The molecule has 2 N–H and O–H groups in total. The lowest BCUT2D eigenvalue weighted by atomic mass is 9.75. The van der Waals surface area contributed by atoms with Crippen LogP contribution in [-0.4, -0.2) is 38.8 Å². The Morgan fingerprint density at radius 2 is 2.30 bits per heavy atom. The van der Waals surface area contributed by atoms with Gasteiger partial charge in [0.05, 0.1) is 31.8 Å². The van der Waals surface area contributed by atoms with Crippen molar-refractivity contribution < 1.29 is 14.6 Å². The summed E-state index contributed by atoms with van der Waals surface area (Å²) in [6.07, 6.45) is 9.41. The van der Waals surface area contributed by atoms with Crippen LogP contribution in [0.5, 0.6) is 5.75 Å². The summed E-state index contributed by atoms with van der Waals surface area (Å²) in [6.45, 7) is 0.211. The topological polar surface area (TPSA) is 89.3 Å². The zero-order valence-corrected chi connectivity index (χ0v) is 12.9. The van der Waals surface area contributed by atoms with E-state index in [9.17, 15) is 9.90 Å². The fourth-order valence-electron chi connectivity index (χ4n) is 2.86. The molecular formula is C16H20N4O3. The number of rotatable bonds is 6. The Bertz CT molecular complexity index is 653. The lowest BCUT2D eigenvalue weighted by molar-refractivity contribution is -0.123. The highest BCUT2D eigenvalue weighted by atomic mass is 16.5. The number of carbonyl (C=O) groups excluding carboxylic acids is 1. The number of hydrogen-bond donors (Lipinski definition) is 2. The molecule has 122 valence electrons. The van der Waals surface area contributed by atoms with Gasteiger partial charge >= 0.3 is 0 Å². The van der Waals surface area contributed by atoms with Crippen molar-refractivity contribution in [3.05, 3.63) is 42.7 Å². The number of aliphatic hydroxyl groups is 1. The van der Waals surface area contributed by atoms with Crippen LogP contribution < -0.4 is 10.1 Å². The van der Waals surface area contributed by atoms with Gasteiger partial charge in [0, 0.05) is 18.6 Å². The molecule has 0 spiro atoms. The first-order valence-electron chi connectivity index (χ1n) is 7.58.